The first-order valence-electron chi connectivity index (χ1n) is 5.38. The Kier molecular flexibility index (Phi) is 4.96. The summed E-state index contributed by atoms with van der Waals surface area (Å²) in [7, 11) is -3.68. The van der Waals surface area contributed by atoms with Crippen molar-refractivity contribution in [3.63, 3.8) is 0 Å². The molecular weight excluding hydrogens is 258 g/mol. The number of para-hydroxylation sites is 2. The standard InChI is InChI=1S/C11H15NO5S/c1-2-17-11(14)7-8-18(15,16)12-9-5-3-4-6-10(9)13/h3-6,12-13H,2,7-8H2,1H3. The number of benzene rings is 1. The lowest BCUT2D eigenvalue weighted by Gasteiger charge is -2.08. The Morgan fingerprint density at radius 1 is 1.39 bits per heavy atom. The predicted molar refractivity (Wildman–Crippen MR) is 66.8 cm³/mol. The molecule has 0 fully saturated rings. The number of anilines is 1. The van der Waals surface area contributed by atoms with E-state index in [9.17, 15) is 18.3 Å². The highest BCUT2D eigenvalue weighted by atomic mass is 32.2. The van der Waals surface area contributed by atoms with Crippen LogP contribution in [0.1, 0.15) is 13.3 Å². The number of phenols is 1. The summed E-state index contributed by atoms with van der Waals surface area (Å²) in [6, 6.07) is 5.95. The molecule has 0 saturated heterocycles. The molecule has 1 aromatic rings. The molecule has 0 bridgehead atoms. The van der Waals surface area contributed by atoms with Crippen LogP contribution in [0.3, 0.4) is 0 Å². The summed E-state index contributed by atoms with van der Waals surface area (Å²) >= 11 is 0. The van der Waals surface area contributed by atoms with Crippen LogP contribution in [0.15, 0.2) is 24.3 Å². The highest BCUT2D eigenvalue weighted by Crippen LogP contribution is 2.22. The van der Waals surface area contributed by atoms with Crippen LogP contribution in [0, 0.1) is 0 Å². The smallest absolute Gasteiger partial charge is 0.306 e. The minimum absolute atomic E-state index is 0.0846. The number of hydrogen-bond donors (Lipinski definition) is 2. The molecule has 2 N–H and O–H groups in total. The summed E-state index contributed by atoms with van der Waals surface area (Å²) in [6.07, 6.45) is -0.225. The molecule has 7 heteroatoms. The van der Waals surface area contributed by atoms with Crippen LogP contribution in [0.5, 0.6) is 5.75 Å². The van der Waals surface area contributed by atoms with Crippen molar-refractivity contribution in [3.05, 3.63) is 24.3 Å². The molecule has 0 aliphatic carbocycles. The second-order valence-corrected chi connectivity index (χ2v) is 5.33. The number of sulfonamides is 1. The van der Waals surface area contributed by atoms with Gasteiger partial charge in [-0.25, -0.2) is 8.42 Å². The minimum Gasteiger partial charge on any atom is -0.506 e. The third-order valence-corrected chi connectivity index (χ3v) is 3.32. The topological polar surface area (TPSA) is 92.7 Å². The summed E-state index contributed by atoms with van der Waals surface area (Å²) in [5.74, 6) is -1.13. The molecule has 18 heavy (non-hydrogen) atoms. The van der Waals surface area contributed by atoms with Gasteiger partial charge in [0.2, 0.25) is 10.0 Å². The van der Waals surface area contributed by atoms with Gasteiger partial charge in [-0.1, -0.05) is 12.1 Å². The number of phenolic OH excluding ortho intramolecular Hbond substituents is 1. The molecule has 0 aliphatic heterocycles. The zero-order chi connectivity index (χ0) is 13.6. The van der Waals surface area contributed by atoms with Crippen molar-refractivity contribution in [1.82, 2.24) is 0 Å². The van der Waals surface area contributed by atoms with Crippen LogP contribution in [0.2, 0.25) is 0 Å². The van der Waals surface area contributed by atoms with Gasteiger partial charge in [-0.2, -0.15) is 0 Å². The molecule has 1 aromatic carbocycles. The van der Waals surface area contributed by atoms with Crippen LogP contribution in [0.4, 0.5) is 5.69 Å². The third-order valence-electron chi connectivity index (χ3n) is 2.05. The van der Waals surface area contributed by atoms with E-state index in [-0.39, 0.29) is 30.2 Å². The number of aromatic hydroxyl groups is 1. The summed E-state index contributed by atoms with van der Waals surface area (Å²) < 4.78 is 30.1. The first kappa shape index (κ1) is 14.3. The van der Waals surface area contributed by atoms with Crippen molar-refractivity contribution >= 4 is 21.7 Å². The lowest BCUT2D eigenvalue weighted by Crippen LogP contribution is -2.20. The van der Waals surface area contributed by atoms with Gasteiger partial charge < -0.3 is 9.84 Å². The molecule has 0 radical (unpaired) electrons. The Labute approximate surface area is 106 Å². The fourth-order valence-electron chi connectivity index (χ4n) is 1.23. The predicted octanol–water partition coefficient (Wildman–Crippen LogP) is 1.09. The zero-order valence-corrected chi connectivity index (χ0v) is 10.7. The highest BCUT2D eigenvalue weighted by molar-refractivity contribution is 7.92. The van der Waals surface area contributed by atoms with Gasteiger partial charge in [0, 0.05) is 0 Å². The van der Waals surface area contributed by atoms with Crippen molar-refractivity contribution in [2.75, 3.05) is 17.1 Å². The number of carbonyl (C=O) groups is 1. The quantitative estimate of drug-likeness (QED) is 0.598. The van der Waals surface area contributed by atoms with E-state index in [0.717, 1.165) is 0 Å². The summed E-state index contributed by atoms with van der Waals surface area (Å²) in [5.41, 5.74) is 0.0846. The van der Waals surface area contributed by atoms with E-state index in [0.29, 0.717) is 0 Å². The molecule has 0 aromatic heterocycles. The van der Waals surface area contributed by atoms with Crippen molar-refractivity contribution in [3.8, 4) is 5.75 Å². The fraction of sp³-hybridized carbons (Fsp3) is 0.364. The van der Waals surface area contributed by atoms with E-state index < -0.39 is 16.0 Å². The molecule has 100 valence electrons. The summed E-state index contributed by atoms with van der Waals surface area (Å²) in [4.78, 5) is 11.0. The maximum Gasteiger partial charge on any atom is 0.306 e. The Bertz CT molecular complexity index is 512. The zero-order valence-electron chi connectivity index (χ0n) is 9.92. The van der Waals surface area contributed by atoms with Gasteiger partial charge in [0.25, 0.3) is 0 Å². The van der Waals surface area contributed by atoms with Gasteiger partial charge >= 0.3 is 5.97 Å². The molecular formula is C11H15NO5S. The van der Waals surface area contributed by atoms with Crippen molar-refractivity contribution < 1.29 is 23.1 Å². The van der Waals surface area contributed by atoms with Crippen molar-refractivity contribution in [1.29, 1.82) is 0 Å². The van der Waals surface area contributed by atoms with Crippen molar-refractivity contribution in [2.24, 2.45) is 0 Å². The van der Waals surface area contributed by atoms with Gasteiger partial charge in [-0.3, -0.25) is 9.52 Å². The lowest BCUT2D eigenvalue weighted by atomic mass is 10.3. The average Bonchev–Trinajstić information content (AvgIpc) is 2.30. The van der Waals surface area contributed by atoms with E-state index in [1.54, 1.807) is 19.1 Å². The molecule has 0 unspecified atom stereocenters. The highest BCUT2D eigenvalue weighted by Gasteiger charge is 2.15. The van der Waals surface area contributed by atoms with Crippen molar-refractivity contribution in [2.45, 2.75) is 13.3 Å². The number of hydrogen-bond acceptors (Lipinski definition) is 5. The first-order chi connectivity index (χ1) is 8.44. The maximum absolute atomic E-state index is 11.6. The van der Waals surface area contributed by atoms with Gasteiger partial charge in [-0.05, 0) is 19.1 Å². The van der Waals surface area contributed by atoms with Crippen LogP contribution >= 0.6 is 0 Å². The molecule has 0 heterocycles. The summed E-state index contributed by atoms with van der Waals surface area (Å²) in [6.45, 7) is 1.86. The van der Waals surface area contributed by atoms with Gasteiger partial charge in [0.05, 0.1) is 24.5 Å². The van der Waals surface area contributed by atoms with E-state index in [1.807, 2.05) is 0 Å². The van der Waals surface area contributed by atoms with Gasteiger partial charge in [0.15, 0.2) is 0 Å². The van der Waals surface area contributed by atoms with Gasteiger partial charge in [-0.15, -0.1) is 0 Å². The lowest BCUT2D eigenvalue weighted by molar-refractivity contribution is -0.142. The van der Waals surface area contributed by atoms with E-state index >= 15 is 0 Å². The fourth-order valence-corrected chi connectivity index (χ4v) is 2.27. The van der Waals surface area contributed by atoms with E-state index in [1.165, 1.54) is 12.1 Å². The second kappa shape index (κ2) is 6.25. The van der Waals surface area contributed by atoms with Gasteiger partial charge in [0.1, 0.15) is 5.75 Å². The molecule has 0 saturated carbocycles. The number of esters is 1. The van der Waals surface area contributed by atoms with Crippen LogP contribution in [-0.4, -0.2) is 31.9 Å². The summed E-state index contributed by atoms with van der Waals surface area (Å²) in [5, 5.41) is 9.42. The number of ether oxygens (including phenoxy) is 1. The average molecular weight is 273 g/mol. The van der Waals surface area contributed by atoms with E-state index in [2.05, 4.69) is 9.46 Å². The molecule has 0 atom stereocenters. The Balaban J connectivity index is 2.60. The van der Waals surface area contributed by atoms with Crippen LogP contribution in [0.25, 0.3) is 0 Å². The normalized spacial score (nSPS) is 10.9. The molecule has 6 nitrogen and oxygen atoms in total. The van der Waals surface area contributed by atoms with E-state index in [4.69, 9.17) is 0 Å². The Morgan fingerprint density at radius 2 is 2.06 bits per heavy atom. The third kappa shape index (κ3) is 4.62. The van der Waals surface area contributed by atoms with Crippen LogP contribution in [-0.2, 0) is 19.6 Å². The minimum atomic E-state index is -3.68. The molecule has 0 aliphatic rings. The first-order valence-corrected chi connectivity index (χ1v) is 7.04. The SMILES string of the molecule is CCOC(=O)CCS(=O)(=O)Nc1ccccc1O. The largest absolute Gasteiger partial charge is 0.506 e. The number of rotatable bonds is 6. The molecule has 0 spiro atoms. The molecule has 0 amide bonds. The van der Waals surface area contributed by atoms with Crippen LogP contribution < -0.4 is 4.72 Å². The number of carbonyl (C=O) groups excluding carboxylic acids is 1. The molecule has 1 rings (SSSR count). The maximum atomic E-state index is 11.6. The second-order valence-electron chi connectivity index (χ2n) is 3.49. The number of nitrogens with one attached hydrogen (secondary N) is 1. The monoisotopic (exact) mass is 273 g/mol. The Morgan fingerprint density at radius 3 is 2.67 bits per heavy atom. The Hall–Kier alpha value is -1.76.